The van der Waals surface area contributed by atoms with Crippen LogP contribution in [0.2, 0.25) is 0 Å². The summed E-state index contributed by atoms with van der Waals surface area (Å²) in [4.78, 5) is 11.3. The largest absolute Gasteiger partial charge is 0.441 e. The van der Waals surface area contributed by atoms with Gasteiger partial charge in [0, 0.05) is 10.7 Å². The number of aryl methyl sites for hydroxylation is 1. The lowest BCUT2D eigenvalue weighted by molar-refractivity contribution is 0.0926. The number of fused-ring (bicyclic) bond motifs is 1. The molecule has 0 heterocycles. The van der Waals surface area contributed by atoms with Crippen molar-refractivity contribution >= 4 is 26.0 Å². The molecule has 1 N–H and O–H groups in total. The molecule has 0 saturated carbocycles. The van der Waals surface area contributed by atoms with E-state index in [9.17, 15) is 13.2 Å². The Bertz CT molecular complexity index is 558. The molecule has 1 aromatic rings. The van der Waals surface area contributed by atoms with Gasteiger partial charge in [0.05, 0.1) is 0 Å². The average Bonchev–Trinajstić information content (AvgIpc) is 2.27. The smallest absolute Gasteiger partial charge is 0.422 e. The van der Waals surface area contributed by atoms with E-state index in [1.807, 2.05) is 24.3 Å². The van der Waals surface area contributed by atoms with Crippen molar-refractivity contribution in [1.82, 2.24) is 4.72 Å². The van der Waals surface area contributed by atoms with Crippen molar-refractivity contribution in [3.63, 3.8) is 0 Å². The molecule has 98 valence electrons. The predicted molar refractivity (Wildman–Crippen MR) is 66.5 cm³/mol. The van der Waals surface area contributed by atoms with Gasteiger partial charge in [-0.2, -0.15) is 8.42 Å². The van der Waals surface area contributed by atoms with E-state index in [0.717, 1.165) is 24.0 Å². The highest BCUT2D eigenvalue weighted by Crippen LogP contribution is 2.32. The van der Waals surface area contributed by atoms with Gasteiger partial charge in [-0.25, -0.2) is 9.52 Å². The van der Waals surface area contributed by atoms with Gasteiger partial charge in [0.25, 0.3) is 0 Å². The molecule has 7 heteroatoms. The molecule has 0 spiro atoms. The summed E-state index contributed by atoms with van der Waals surface area (Å²) in [5.41, 5.74) is 2.04. The molecular formula is C11H12ClNO4S. The number of hydrogen-bond acceptors (Lipinski definition) is 4. The fraction of sp³-hybridized carbons (Fsp3) is 0.364. The quantitative estimate of drug-likeness (QED) is 0.848. The Kier molecular flexibility index (Phi) is 3.77. The van der Waals surface area contributed by atoms with E-state index in [-0.39, 0.29) is 0 Å². The van der Waals surface area contributed by atoms with Crippen LogP contribution in [0.5, 0.6) is 0 Å². The van der Waals surface area contributed by atoms with Crippen LogP contribution in [0, 0.1) is 0 Å². The highest BCUT2D eigenvalue weighted by molar-refractivity contribution is 8.12. The highest BCUT2D eigenvalue weighted by Gasteiger charge is 2.24. The van der Waals surface area contributed by atoms with Gasteiger partial charge in [-0.15, -0.1) is 0 Å². The van der Waals surface area contributed by atoms with E-state index in [1.54, 1.807) is 4.72 Å². The third kappa shape index (κ3) is 3.36. The second kappa shape index (κ2) is 5.16. The van der Waals surface area contributed by atoms with Crippen LogP contribution in [0.15, 0.2) is 24.3 Å². The standard InChI is InChI=1S/C11H12ClNO4S/c12-18(15,16)13-11(14)17-10-7-3-5-8-4-1-2-6-9(8)10/h1-2,4,6,10H,3,5,7H2,(H,13,14). The van der Waals surface area contributed by atoms with Crippen molar-refractivity contribution in [2.75, 3.05) is 0 Å². The molecule has 0 radical (unpaired) electrons. The first kappa shape index (κ1) is 13.2. The second-order valence-electron chi connectivity index (χ2n) is 4.02. The van der Waals surface area contributed by atoms with E-state index in [0.29, 0.717) is 6.42 Å². The summed E-state index contributed by atoms with van der Waals surface area (Å²) < 4.78 is 28.0. The van der Waals surface area contributed by atoms with E-state index >= 15 is 0 Å². The summed E-state index contributed by atoms with van der Waals surface area (Å²) in [6.45, 7) is 0. The maximum Gasteiger partial charge on any atom is 0.422 e. The molecule has 0 aromatic heterocycles. The fourth-order valence-electron chi connectivity index (χ4n) is 2.08. The lowest BCUT2D eigenvalue weighted by atomic mass is 9.89. The number of nitrogens with one attached hydrogen (secondary N) is 1. The topological polar surface area (TPSA) is 72.5 Å². The van der Waals surface area contributed by atoms with Crippen LogP contribution in [-0.2, 0) is 20.4 Å². The zero-order valence-corrected chi connectivity index (χ0v) is 11.0. The summed E-state index contributed by atoms with van der Waals surface area (Å²) in [5, 5.41) is 0. The van der Waals surface area contributed by atoms with Crippen LogP contribution in [0.3, 0.4) is 0 Å². The van der Waals surface area contributed by atoms with Crippen LogP contribution in [0.4, 0.5) is 4.79 Å². The molecule has 0 aliphatic heterocycles. The fourth-order valence-corrected chi connectivity index (χ4v) is 2.52. The van der Waals surface area contributed by atoms with Gasteiger partial charge < -0.3 is 4.74 Å². The summed E-state index contributed by atoms with van der Waals surface area (Å²) in [6, 6.07) is 7.63. The molecule has 1 aliphatic rings. The first-order chi connectivity index (χ1) is 8.46. The van der Waals surface area contributed by atoms with Crippen molar-refractivity contribution in [3.05, 3.63) is 35.4 Å². The van der Waals surface area contributed by atoms with Gasteiger partial charge in [-0.1, -0.05) is 24.3 Å². The maximum atomic E-state index is 11.3. The minimum absolute atomic E-state index is 0.423. The number of carbonyl (C=O) groups excluding carboxylic acids is 1. The number of amides is 1. The second-order valence-corrected chi connectivity index (χ2v) is 6.32. The van der Waals surface area contributed by atoms with Crippen molar-refractivity contribution in [3.8, 4) is 0 Å². The Morgan fingerprint density at radius 3 is 2.83 bits per heavy atom. The third-order valence-corrected chi connectivity index (χ3v) is 3.41. The van der Waals surface area contributed by atoms with Crippen molar-refractivity contribution in [2.24, 2.45) is 0 Å². The van der Waals surface area contributed by atoms with E-state index in [2.05, 4.69) is 0 Å². The number of ether oxygens (including phenoxy) is 1. The van der Waals surface area contributed by atoms with Crippen molar-refractivity contribution in [1.29, 1.82) is 0 Å². The van der Waals surface area contributed by atoms with Crippen LogP contribution in [-0.4, -0.2) is 14.5 Å². The maximum absolute atomic E-state index is 11.3. The first-order valence-corrected chi connectivity index (χ1v) is 7.77. The normalized spacial score (nSPS) is 18.8. The number of hydrogen-bond donors (Lipinski definition) is 1. The molecule has 0 bridgehead atoms. The summed E-state index contributed by atoms with van der Waals surface area (Å²) in [5.74, 6) is 0. The molecule has 1 aliphatic carbocycles. The molecule has 5 nitrogen and oxygen atoms in total. The average molecular weight is 290 g/mol. The zero-order valence-electron chi connectivity index (χ0n) is 9.43. The number of carbonyl (C=O) groups is 1. The lowest BCUT2D eigenvalue weighted by Gasteiger charge is -2.25. The summed E-state index contributed by atoms with van der Waals surface area (Å²) in [7, 11) is 0.802. The molecule has 18 heavy (non-hydrogen) atoms. The Morgan fingerprint density at radius 1 is 1.39 bits per heavy atom. The summed E-state index contributed by atoms with van der Waals surface area (Å²) in [6.07, 6.45) is 1.03. The monoisotopic (exact) mass is 289 g/mol. The van der Waals surface area contributed by atoms with E-state index in [4.69, 9.17) is 15.4 Å². The van der Waals surface area contributed by atoms with E-state index in [1.165, 1.54) is 0 Å². The molecule has 1 atom stereocenters. The van der Waals surface area contributed by atoms with Crippen LogP contribution < -0.4 is 4.72 Å². The third-order valence-electron chi connectivity index (χ3n) is 2.77. The van der Waals surface area contributed by atoms with Gasteiger partial charge in [0.1, 0.15) is 6.10 Å². The number of rotatable bonds is 2. The van der Waals surface area contributed by atoms with Gasteiger partial charge in [0.15, 0.2) is 0 Å². The van der Waals surface area contributed by atoms with Crippen molar-refractivity contribution in [2.45, 2.75) is 25.4 Å². The van der Waals surface area contributed by atoms with Crippen LogP contribution in [0.1, 0.15) is 30.1 Å². The zero-order chi connectivity index (χ0) is 13.2. The molecule has 0 fully saturated rings. The van der Waals surface area contributed by atoms with Crippen LogP contribution in [0.25, 0.3) is 0 Å². The molecule has 1 aromatic carbocycles. The molecule has 1 unspecified atom stereocenters. The summed E-state index contributed by atoms with van der Waals surface area (Å²) >= 11 is 0. The minimum atomic E-state index is -4.10. The van der Waals surface area contributed by atoms with E-state index < -0.39 is 21.4 Å². The predicted octanol–water partition coefficient (Wildman–Crippen LogP) is 2.27. The SMILES string of the molecule is O=C(NS(=O)(=O)Cl)OC1CCCc2ccccc21. The van der Waals surface area contributed by atoms with Gasteiger partial charge in [0.2, 0.25) is 0 Å². The lowest BCUT2D eigenvalue weighted by Crippen LogP contribution is -2.29. The first-order valence-electron chi connectivity index (χ1n) is 5.46. The Balaban J connectivity index is 2.10. The Hall–Kier alpha value is -1.27. The molecule has 1 amide bonds. The van der Waals surface area contributed by atoms with Crippen LogP contribution >= 0.6 is 10.7 Å². The molecular weight excluding hydrogens is 278 g/mol. The Labute approximate surface area is 110 Å². The molecule has 0 saturated heterocycles. The Morgan fingerprint density at radius 2 is 2.11 bits per heavy atom. The number of halogens is 1. The van der Waals surface area contributed by atoms with Crippen molar-refractivity contribution < 1.29 is 17.9 Å². The minimum Gasteiger partial charge on any atom is -0.441 e. The van der Waals surface area contributed by atoms with Gasteiger partial charge in [-0.05, 0) is 30.4 Å². The van der Waals surface area contributed by atoms with Gasteiger partial charge in [-0.3, -0.25) is 0 Å². The number of benzene rings is 1. The van der Waals surface area contributed by atoms with Gasteiger partial charge >= 0.3 is 15.3 Å². The molecule has 2 rings (SSSR count). The highest BCUT2D eigenvalue weighted by atomic mass is 35.7.